The van der Waals surface area contributed by atoms with Crippen molar-refractivity contribution in [2.75, 3.05) is 12.4 Å². The molecule has 0 saturated heterocycles. The topological polar surface area (TPSA) is 148 Å². The molecule has 1 unspecified atom stereocenters. The quantitative estimate of drug-likeness (QED) is 0.189. The van der Waals surface area contributed by atoms with E-state index in [0.29, 0.717) is 5.69 Å². The Morgan fingerprint density at radius 1 is 1.07 bits per heavy atom. The SMILES string of the molecule is CC(OC(=O)N/C(=C(/N)c1ccc(NC(=O)C23CC(c4ccccc4)(C2)C3)cn1)N(C)N)c1cc(F)cnc1F. The van der Waals surface area contributed by atoms with E-state index < -0.39 is 24.0 Å². The van der Waals surface area contributed by atoms with Crippen LogP contribution in [0.2, 0.25) is 0 Å². The molecular formula is C28H29F2N7O3. The van der Waals surface area contributed by atoms with E-state index in [-0.39, 0.29) is 39.5 Å². The first-order valence-corrected chi connectivity index (χ1v) is 12.6. The Kier molecular flexibility index (Phi) is 6.88. The average Bonchev–Trinajstić information content (AvgIpc) is 2.87. The number of pyridine rings is 2. The number of amides is 2. The van der Waals surface area contributed by atoms with Crippen LogP contribution in [0.5, 0.6) is 0 Å². The van der Waals surface area contributed by atoms with E-state index in [4.69, 9.17) is 16.3 Å². The van der Waals surface area contributed by atoms with Crippen molar-refractivity contribution in [2.45, 2.75) is 37.7 Å². The number of nitrogens with two attached hydrogens (primary N) is 2. The monoisotopic (exact) mass is 549 g/mol. The van der Waals surface area contributed by atoms with E-state index in [0.717, 1.165) is 36.5 Å². The van der Waals surface area contributed by atoms with Gasteiger partial charge in [-0.05, 0) is 55.4 Å². The predicted molar refractivity (Wildman–Crippen MR) is 143 cm³/mol. The van der Waals surface area contributed by atoms with Crippen LogP contribution in [0.4, 0.5) is 19.3 Å². The zero-order valence-corrected chi connectivity index (χ0v) is 21.9. The summed E-state index contributed by atoms with van der Waals surface area (Å²) >= 11 is 0. The number of hydrazine groups is 1. The summed E-state index contributed by atoms with van der Waals surface area (Å²) in [6, 6.07) is 14.4. The van der Waals surface area contributed by atoms with Gasteiger partial charge in [0.15, 0.2) is 5.82 Å². The maximum Gasteiger partial charge on any atom is 0.413 e. The molecule has 3 fully saturated rings. The second-order valence-electron chi connectivity index (χ2n) is 10.4. The zero-order chi connectivity index (χ0) is 28.7. The fourth-order valence-corrected chi connectivity index (χ4v) is 5.56. The van der Waals surface area contributed by atoms with Crippen molar-refractivity contribution in [1.82, 2.24) is 20.3 Å². The molecule has 0 aliphatic heterocycles. The number of nitrogens with zero attached hydrogens (tertiary/aromatic N) is 3. The maximum atomic E-state index is 13.9. The van der Waals surface area contributed by atoms with Gasteiger partial charge in [0.1, 0.15) is 17.6 Å². The van der Waals surface area contributed by atoms with E-state index in [2.05, 4.69) is 32.7 Å². The first kappa shape index (κ1) is 27.0. The van der Waals surface area contributed by atoms with Crippen LogP contribution in [0.15, 0.2) is 66.7 Å². The van der Waals surface area contributed by atoms with Gasteiger partial charge in [-0.3, -0.25) is 20.1 Å². The smallest absolute Gasteiger partial charge is 0.413 e. The Balaban J connectivity index is 1.21. The van der Waals surface area contributed by atoms with Crippen molar-refractivity contribution in [3.05, 3.63) is 95.3 Å². The van der Waals surface area contributed by atoms with Gasteiger partial charge >= 0.3 is 6.09 Å². The van der Waals surface area contributed by atoms with Crippen LogP contribution in [0, 0.1) is 17.2 Å². The number of hydrogen-bond donors (Lipinski definition) is 4. The third-order valence-corrected chi connectivity index (χ3v) is 7.58. The molecule has 12 heteroatoms. The van der Waals surface area contributed by atoms with Crippen molar-refractivity contribution in [3.63, 3.8) is 0 Å². The van der Waals surface area contributed by atoms with Gasteiger partial charge in [-0.1, -0.05) is 30.3 Å². The lowest BCUT2D eigenvalue weighted by Crippen LogP contribution is -2.69. The molecule has 2 aromatic heterocycles. The highest BCUT2D eigenvalue weighted by atomic mass is 19.1. The molecule has 3 aromatic rings. The lowest BCUT2D eigenvalue weighted by atomic mass is 9.33. The largest absolute Gasteiger partial charge is 0.441 e. The summed E-state index contributed by atoms with van der Waals surface area (Å²) in [5.41, 5.74) is 7.82. The Hall–Kier alpha value is -4.58. The molecular weight excluding hydrogens is 520 g/mol. The Morgan fingerprint density at radius 3 is 2.40 bits per heavy atom. The van der Waals surface area contributed by atoms with Gasteiger partial charge in [0, 0.05) is 7.05 Å². The number of rotatable bonds is 8. The highest BCUT2D eigenvalue weighted by Crippen LogP contribution is 2.73. The normalized spacial score (nSPS) is 22.1. The van der Waals surface area contributed by atoms with Crippen molar-refractivity contribution in [3.8, 4) is 0 Å². The molecule has 0 spiro atoms. The van der Waals surface area contributed by atoms with E-state index in [1.165, 1.54) is 25.7 Å². The molecule has 2 bridgehead atoms. The molecule has 0 radical (unpaired) electrons. The van der Waals surface area contributed by atoms with Crippen LogP contribution in [0.1, 0.15) is 49.1 Å². The minimum absolute atomic E-state index is 0.00954. The molecule has 3 saturated carbocycles. The second kappa shape index (κ2) is 10.2. The third-order valence-electron chi connectivity index (χ3n) is 7.58. The Morgan fingerprint density at radius 2 is 1.77 bits per heavy atom. The predicted octanol–water partition coefficient (Wildman–Crippen LogP) is 3.69. The number of alkyl carbamates (subject to hydrolysis) is 1. The number of halogens is 2. The molecule has 3 aliphatic carbocycles. The first-order chi connectivity index (χ1) is 19.0. The lowest BCUT2D eigenvalue weighted by molar-refractivity contribution is -0.170. The standard InChI is InChI=1S/C28H29F2N7O3/c1-16(20-10-18(29)11-34-23(20)30)40-26(39)36-24(37(2)32)22(31)21-9-8-19(12-33-21)35-25(38)28-13-27(14-28,15-28)17-6-4-3-5-7-17/h3-12,16H,13-15,31-32H2,1-2H3,(H,35,38)(H,36,39)/b24-22-. The number of carbonyl (C=O) groups is 2. The van der Waals surface area contributed by atoms with Crippen LogP contribution < -0.4 is 22.2 Å². The van der Waals surface area contributed by atoms with Gasteiger partial charge in [0.05, 0.1) is 34.8 Å². The summed E-state index contributed by atoms with van der Waals surface area (Å²) in [5.74, 6) is 4.04. The molecule has 40 heavy (non-hydrogen) atoms. The van der Waals surface area contributed by atoms with E-state index in [9.17, 15) is 18.4 Å². The maximum absolute atomic E-state index is 13.9. The third kappa shape index (κ3) is 4.93. The Bertz CT molecular complexity index is 1460. The van der Waals surface area contributed by atoms with Crippen LogP contribution in [-0.4, -0.2) is 34.0 Å². The number of carbonyl (C=O) groups excluding carboxylic acids is 2. The van der Waals surface area contributed by atoms with E-state index in [1.54, 1.807) is 12.1 Å². The van der Waals surface area contributed by atoms with Gasteiger partial charge in [-0.2, -0.15) is 4.39 Å². The first-order valence-electron chi connectivity index (χ1n) is 12.6. The summed E-state index contributed by atoms with van der Waals surface area (Å²) in [4.78, 5) is 33.1. The van der Waals surface area contributed by atoms with Crippen LogP contribution in [-0.2, 0) is 14.9 Å². The van der Waals surface area contributed by atoms with Gasteiger partial charge in [0.25, 0.3) is 0 Å². The van der Waals surface area contributed by atoms with Crippen LogP contribution in [0.3, 0.4) is 0 Å². The summed E-state index contributed by atoms with van der Waals surface area (Å²) in [6.45, 7) is 1.36. The Labute approximate surface area is 229 Å². The van der Waals surface area contributed by atoms with Gasteiger partial charge < -0.3 is 15.8 Å². The van der Waals surface area contributed by atoms with Crippen molar-refractivity contribution in [1.29, 1.82) is 0 Å². The fourth-order valence-electron chi connectivity index (χ4n) is 5.56. The van der Waals surface area contributed by atoms with E-state index in [1.807, 2.05) is 18.2 Å². The minimum atomic E-state index is -1.15. The van der Waals surface area contributed by atoms with Crippen molar-refractivity contribution >= 4 is 23.4 Å². The average molecular weight is 550 g/mol. The van der Waals surface area contributed by atoms with Crippen molar-refractivity contribution < 1.29 is 23.1 Å². The van der Waals surface area contributed by atoms with Crippen LogP contribution >= 0.6 is 0 Å². The number of anilines is 1. The number of hydrogen-bond acceptors (Lipinski definition) is 8. The molecule has 1 aromatic carbocycles. The molecule has 10 nitrogen and oxygen atoms in total. The highest BCUT2D eigenvalue weighted by molar-refractivity contribution is 5.98. The lowest BCUT2D eigenvalue weighted by Gasteiger charge is -2.69. The van der Waals surface area contributed by atoms with E-state index >= 15 is 0 Å². The summed E-state index contributed by atoms with van der Waals surface area (Å²) in [6.07, 6.45) is 2.49. The number of nitrogens with one attached hydrogen (secondary N) is 2. The van der Waals surface area contributed by atoms with Crippen LogP contribution in [0.25, 0.3) is 5.70 Å². The fraction of sp³-hybridized carbons (Fsp3) is 0.286. The van der Waals surface area contributed by atoms with Gasteiger partial charge in [-0.25, -0.2) is 20.0 Å². The number of benzene rings is 1. The summed E-state index contributed by atoms with van der Waals surface area (Å²) < 4.78 is 32.5. The number of aromatic nitrogens is 2. The highest BCUT2D eigenvalue weighted by Gasteiger charge is 2.71. The second-order valence-corrected chi connectivity index (χ2v) is 10.4. The molecule has 6 rings (SSSR count). The number of ether oxygens (including phenoxy) is 1. The molecule has 2 amide bonds. The molecule has 2 heterocycles. The molecule has 1 atom stereocenters. The molecule has 3 aliphatic rings. The van der Waals surface area contributed by atoms with Gasteiger partial charge in [-0.15, -0.1) is 0 Å². The zero-order valence-electron chi connectivity index (χ0n) is 21.9. The van der Waals surface area contributed by atoms with Gasteiger partial charge in [0.2, 0.25) is 11.9 Å². The van der Waals surface area contributed by atoms with Crippen molar-refractivity contribution in [2.24, 2.45) is 17.0 Å². The molecule has 208 valence electrons. The minimum Gasteiger partial charge on any atom is -0.441 e. The summed E-state index contributed by atoms with van der Waals surface area (Å²) in [5, 5.41) is 6.39. The molecule has 6 N–H and O–H groups in total. The summed E-state index contributed by atoms with van der Waals surface area (Å²) in [7, 11) is 1.43.